The second-order valence-electron chi connectivity index (χ2n) is 5.57. The summed E-state index contributed by atoms with van der Waals surface area (Å²) in [6, 6.07) is 9.92. The Balaban J connectivity index is 1.88. The number of hydrogen-bond donors (Lipinski definition) is 1. The fraction of sp³-hybridized carbons (Fsp3) is 0.353. The molecule has 1 aliphatic rings. The van der Waals surface area contributed by atoms with Crippen LogP contribution >= 0.6 is 0 Å². The minimum atomic E-state index is -0.0700. The maximum atomic E-state index is 12.9. The Morgan fingerprint density at radius 1 is 1.36 bits per heavy atom. The summed E-state index contributed by atoms with van der Waals surface area (Å²) in [7, 11) is 0. The number of nitrogens with one attached hydrogen (secondary N) is 1. The molecule has 1 aliphatic heterocycles. The van der Waals surface area contributed by atoms with Gasteiger partial charge in [0.25, 0.3) is 5.91 Å². The van der Waals surface area contributed by atoms with Gasteiger partial charge in [0.1, 0.15) is 17.8 Å². The topological polar surface area (TPSA) is 58.1 Å². The Labute approximate surface area is 130 Å². The van der Waals surface area contributed by atoms with Gasteiger partial charge in [-0.25, -0.2) is 9.97 Å². The van der Waals surface area contributed by atoms with E-state index in [1.165, 1.54) is 11.9 Å². The largest absolute Gasteiger partial charge is 0.370 e. The van der Waals surface area contributed by atoms with Crippen molar-refractivity contribution >= 4 is 17.4 Å². The lowest BCUT2D eigenvalue weighted by atomic mass is 10.1. The number of amides is 1. The zero-order valence-corrected chi connectivity index (χ0v) is 12.9. The molecule has 22 heavy (non-hydrogen) atoms. The van der Waals surface area contributed by atoms with Crippen LogP contribution in [0.1, 0.15) is 36.3 Å². The number of hydrogen-bond acceptors (Lipinski definition) is 4. The molecule has 1 unspecified atom stereocenters. The monoisotopic (exact) mass is 296 g/mol. The number of carbonyl (C=O) groups excluding carboxylic acids is 1. The predicted octanol–water partition coefficient (Wildman–Crippen LogP) is 2.89. The van der Waals surface area contributed by atoms with Gasteiger partial charge >= 0.3 is 0 Å². The van der Waals surface area contributed by atoms with Crippen LogP contribution in [0, 0.1) is 0 Å². The molecule has 0 saturated carbocycles. The van der Waals surface area contributed by atoms with E-state index >= 15 is 0 Å². The molecule has 5 nitrogen and oxygen atoms in total. The fourth-order valence-corrected chi connectivity index (χ4v) is 2.82. The van der Waals surface area contributed by atoms with E-state index in [1.54, 1.807) is 6.07 Å². The van der Waals surface area contributed by atoms with Gasteiger partial charge in [-0.1, -0.05) is 25.1 Å². The van der Waals surface area contributed by atoms with E-state index < -0.39 is 0 Å². The first-order valence-electron chi connectivity index (χ1n) is 7.68. The fourth-order valence-electron chi connectivity index (χ4n) is 2.82. The smallest absolute Gasteiger partial charge is 0.277 e. The molecule has 2 heterocycles. The highest BCUT2D eigenvalue weighted by molar-refractivity contribution is 6.06. The van der Waals surface area contributed by atoms with E-state index in [-0.39, 0.29) is 11.9 Å². The van der Waals surface area contributed by atoms with Crippen LogP contribution in [-0.4, -0.2) is 28.5 Å². The highest BCUT2D eigenvalue weighted by atomic mass is 16.2. The van der Waals surface area contributed by atoms with E-state index in [0.29, 0.717) is 11.5 Å². The van der Waals surface area contributed by atoms with Gasteiger partial charge in [0.2, 0.25) is 0 Å². The Kier molecular flexibility index (Phi) is 4.04. The van der Waals surface area contributed by atoms with Crippen molar-refractivity contribution in [2.45, 2.75) is 32.7 Å². The summed E-state index contributed by atoms with van der Waals surface area (Å²) in [6.07, 6.45) is 3.33. The molecular weight excluding hydrogens is 276 g/mol. The Morgan fingerprint density at radius 2 is 2.18 bits per heavy atom. The van der Waals surface area contributed by atoms with E-state index in [0.717, 1.165) is 25.1 Å². The first kappa shape index (κ1) is 14.5. The minimum Gasteiger partial charge on any atom is -0.370 e. The Hall–Kier alpha value is -2.43. The summed E-state index contributed by atoms with van der Waals surface area (Å²) < 4.78 is 0. The van der Waals surface area contributed by atoms with Gasteiger partial charge in [-0.2, -0.15) is 0 Å². The maximum absolute atomic E-state index is 12.9. The average Bonchev–Trinajstić information content (AvgIpc) is 2.88. The van der Waals surface area contributed by atoms with Crippen LogP contribution in [0.5, 0.6) is 0 Å². The van der Waals surface area contributed by atoms with Gasteiger partial charge in [0.15, 0.2) is 0 Å². The highest BCUT2D eigenvalue weighted by Gasteiger charge is 2.31. The van der Waals surface area contributed by atoms with Crippen molar-refractivity contribution in [3.63, 3.8) is 0 Å². The number of anilines is 2. The van der Waals surface area contributed by atoms with Crippen molar-refractivity contribution in [1.82, 2.24) is 9.97 Å². The quantitative estimate of drug-likeness (QED) is 0.942. The number of para-hydroxylation sites is 1. The average molecular weight is 296 g/mol. The van der Waals surface area contributed by atoms with Gasteiger partial charge in [0, 0.05) is 24.3 Å². The zero-order valence-electron chi connectivity index (χ0n) is 12.9. The van der Waals surface area contributed by atoms with Gasteiger partial charge in [-0.3, -0.25) is 4.79 Å². The molecule has 1 aromatic carbocycles. The third kappa shape index (κ3) is 2.66. The molecule has 0 radical (unpaired) electrons. The normalized spacial score (nSPS) is 16.5. The van der Waals surface area contributed by atoms with Gasteiger partial charge in [0.05, 0.1) is 0 Å². The van der Waals surface area contributed by atoms with Crippen molar-refractivity contribution in [3.05, 3.63) is 47.9 Å². The van der Waals surface area contributed by atoms with Crippen molar-refractivity contribution in [2.75, 3.05) is 16.8 Å². The predicted molar refractivity (Wildman–Crippen MR) is 87.2 cm³/mol. The van der Waals surface area contributed by atoms with Crippen molar-refractivity contribution in [1.29, 1.82) is 0 Å². The van der Waals surface area contributed by atoms with Crippen molar-refractivity contribution < 1.29 is 4.79 Å². The van der Waals surface area contributed by atoms with Crippen LogP contribution in [0.15, 0.2) is 36.7 Å². The van der Waals surface area contributed by atoms with Gasteiger partial charge in [-0.05, 0) is 31.4 Å². The molecule has 1 N–H and O–H groups in total. The lowest BCUT2D eigenvalue weighted by molar-refractivity contribution is 0.0976. The standard InChI is InChI=1S/C17H20N4O/c1-3-8-18-16-10-14(19-11-20-16)17(22)21-12(2)9-13-6-4-5-7-15(13)21/h4-7,10-12H,3,8-9H2,1-2H3,(H,18,19,20). The number of benzene rings is 1. The molecule has 1 aromatic heterocycles. The molecule has 1 atom stereocenters. The second-order valence-corrected chi connectivity index (χ2v) is 5.57. The molecule has 0 bridgehead atoms. The number of rotatable bonds is 4. The molecule has 0 saturated heterocycles. The van der Waals surface area contributed by atoms with Crippen molar-refractivity contribution in [3.8, 4) is 0 Å². The molecule has 0 aliphatic carbocycles. The molecular formula is C17H20N4O. The van der Waals surface area contributed by atoms with Crippen LogP contribution in [0.2, 0.25) is 0 Å². The van der Waals surface area contributed by atoms with Crippen molar-refractivity contribution in [2.24, 2.45) is 0 Å². The van der Waals surface area contributed by atoms with Gasteiger partial charge in [-0.15, -0.1) is 0 Å². The summed E-state index contributed by atoms with van der Waals surface area (Å²) in [5.41, 5.74) is 2.63. The minimum absolute atomic E-state index is 0.0700. The molecule has 5 heteroatoms. The third-order valence-corrected chi connectivity index (χ3v) is 3.87. The van der Waals surface area contributed by atoms with E-state index in [9.17, 15) is 4.79 Å². The van der Waals surface area contributed by atoms with Crippen LogP contribution in [-0.2, 0) is 6.42 Å². The molecule has 0 fully saturated rings. The summed E-state index contributed by atoms with van der Waals surface area (Å²) in [5, 5.41) is 3.19. The van der Waals surface area contributed by atoms with Crippen LogP contribution in [0.4, 0.5) is 11.5 Å². The van der Waals surface area contributed by atoms with Crippen LogP contribution in [0.3, 0.4) is 0 Å². The van der Waals surface area contributed by atoms with Crippen LogP contribution < -0.4 is 10.2 Å². The number of nitrogens with zero attached hydrogens (tertiary/aromatic N) is 3. The molecule has 2 aromatic rings. The Bertz CT molecular complexity index is 686. The molecule has 114 valence electrons. The SMILES string of the molecule is CCCNc1cc(C(=O)N2c3ccccc3CC2C)ncn1. The van der Waals surface area contributed by atoms with E-state index in [4.69, 9.17) is 0 Å². The Morgan fingerprint density at radius 3 is 3.00 bits per heavy atom. The number of carbonyl (C=O) groups is 1. The number of fused-ring (bicyclic) bond motifs is 1. The van der Waals surface area contributed by atoms with Crippen LogP contribution in [0.25, 0.3) is 0 Å². The summed E-state index contributed by atoms with van der Waals surface area (Å²) in [5.74, 6) is 0.625. The molecule has 1 amide bonds. The summed E-state index contributed by atoms with van der Waals surface area (Å²) in [6.45, 7) is 4.98. The highest BCUT2D eigenvalue weighted by Crippen LogP contribution is 2.32. The summed E-state index contributed by atoms with van der Waals surface area (Å²) in [4.78, 5) is 23.0. The lowest BCUT2D eigenvalue weighted by Gasteiger charge is -2.22. The first-order chi connectivity index (χ1) is 10.7. The lowest BCUT2D eigenvalue weighted by Crippen LogP contribution is -2.36. The van der Waals surface area contributed by atoms with Gasteiger partial charge < -0.3 is 10.2 Å². The molecule has 3 rings (SSSR count). The molecule has 0 spiro atoms. The first-order valence-corrected chi connectivity index (χ1v) is 7.68. The second kappa shape index (κ2) is 6.13. The summed E-state index contributed by atoms with van der Waals surface area (Å²) >= 11 is 0. The number of aromatic nitrogens is 2. The van der Waals surface area contributed by atoms with E-state index in [2.05, 4.69) is 35.2 Å². The zero-order chi connectivity index (χ0) is 15.5. The van der Waals surface area contributed by atoms with E-state index in [1.807, 2.05) is 23.1 Å². The third-order valence-electron chi connectivity index (χ3n) is 3.87. The maximum Gasteiger partial charge on any atom is 0.277 e.